The van der Waals surface area contributed by atoms with Crippen molar-refractivity contribution in [1.29, 1.82) is 0 Å². The van der Waals surface area contributed by atoms with Crippen LogP contribution < -0.4 is 0 Å². The number of hydrogen-bond donors (Lipinski definition) is 0. The van der Waals surface area contributed by atoms with Crippen molar-refractivity contribution in [3.05, 3.63) is 69.8 Å². The molecule has 0 unspecified atom stereocenters. The summed E-state index contributed by atoms with van der Waals surface area (Å²) in [6.45, 7) is 2.12. The number of allylic oxidation sites excluding steroid dienone is 1. The minimum atomic E-state index is -0.811. The molecule has 0 aliphatic heterocycles. The summed E-state index contributed by atoms with van der Waals surface area (Å²) in [6.07, 6.45) is 5.93. The van der Waals surface area contributed by atoms with Crippen molar-refractivity contribution in [3.8, 4) is 23.7 Å². The average molecular weight is 389 g/mol. The van der Waals surface area contributed by atoms with E-state index in [1.807, 2.05) is 23.4 Å². The van der Waals surface area contributed by atoms with Gasteiger partial charge >= 0.3 is 0 Å². The van der Waals surface area contributed by atoms with E-state index in [-0.39, 0.29) is 5.56 Å². The second kappa shape index (κ2) is 9.25. The molecule has 0 saturated heterocycles. The summed E-state index contributed by atoms with van der Waals surface area (Å²) < 4.78 is 27.8. The molecule has 0 bridgehead atoms. The number of fused-ring (bicyclic) bond motifs is 1. The molecule has 4 heteroatoms. The van der Waals surface area contributed by atoms with Crippen molar-refractivity contribution in [1.82, 2.24) is 0 Å². The Kier molecular flexibility index (Phi) is 6.51. The lowest BCUT2D eigenvalue weighted by Gasteiger charge is -2.13. The van der Waals surface area contributed by atoms with Gasteiger partial charge in [-0.25, -0.2) is 8.78 Å². The van der Waals surface area contributed by atoms with E-state index < -0.39 is 17.3 Å². The van der Waals surface area contributed by atoms with Gasteiger partial charge in [0.2, 0.25) is 0 Å². The van der Waals surface area contributed by atoms with E-state index >= 15 is 0 Å². The topological polar surface area (TPSA) is 12.4 Å². The smallest absolute Gasteiger partial charge is 0.153 e. The number of unbranched alkanes of at least 4 members (excludes halogenated alkanes) is 1. The van der Waals surface area contributed by atoms with Gasteiger partial charge in [0.25, 0.3) is 0 Å². The van der Waals surface area contributed by atoms with Gasteiger partial charge in [0.15, 0.2) is 11.6 Å². The lowest BCUT2D eigenvalue weighted by atomic mass is 9.91. The zero-order valence-electron chi connectivity index (χ0n) is 15.4. The molecule has 3 rings (SSSR count). The summed E-state index contributed by atoms with van der Waals surface area (Å²) in [5, 5.41) is 1.97. The summed E-state index contributed by atoms with van der Waals surface area (Å²) in [4.78, 5) is 3.39. The van der Waals surface area contributed by atoms with Gasteiger partial charge in [0.1, 0.15) is 5.69 Å². The van der Waals surface area contributed by atoms with Crippen molar-refractivity contribution >= 4 is 29.1 Å². The van der Waals surface area contributed by atoms with Gasteiger partial charge in [-0.2, -0.15) is 4.99 Å². The third-order valence-corrected chi connectivity index (χ3v) is 4.38. The van der Waals surface area contributed by atoms with E-state index in [4.69, 9.17) is 0 Å². The van der Waals surface area contributed by atoms with Crippen molar-refractivity contribution in [2.75, 3.05) is 0 Å². The van der Waals surface area contributed by atoms with E-state index in [2.05, 4.69) is 53.9 Å². The van der Waals surface area contributed by atoms with Crippen LogP contribution in [0.3, 0.4) is 0 Å². The Morgan fingerprint density at radius 1 is 1.00 bits per heavy atom. The Balaban J connectivity index is 1.84. The number of isothiocyanates is 1. The fourth-order valence-corrected chi connectivity index (χ4v) is 3.00. The molecule has 0 N–H and O–H groups in total. The average Bonchev–Trinajstić information content (AvgIpc) is 2.69. The molecule has 138 valence electrons. The zero-order chi connectivity index (χ0) is 19.9. The first-order valence-corrected chi connectivity index (χ1v) is 9.43. The first-order chi connectivity index (χ1) is 13.6. The molecule has 2 aromatic rings. The van der Waals surface area contributed by atoms with E-state index in [1.54, 1.807) is 0 Å². The highest BCUT2D eigenvalue weighted by molar-refractivity contribution is 7.78. The third kappa shape index (κ3) is 4.81. The molecular weight excluding hydrogens is 372 g/mol. The molecule has 0 aromatic heterocycles. The predicted molar refractivity (Wildman–Crippen MR) is 112 cm³/mol. The van der Waals surface area contributed by atoms with Gasteiger partial charge < -0.3 is 0 Å². The van der Waals surface area contributed by atoms with Crippen LogP contribution >= 0.6 is 12.2 Å². The molecule has 0 amide bonds. The Labute approximate surface area is 169 Å². The van der Waals surface area contributed by atoms with E-state index in [1.165, 1.54) is 5.56 Å². The molecule has 1 aliphatic carbocycles. The fourth-order valence-electron chi connectivity index (χ4n) is 2.90. The van der Waals surface area contributed by atoms with Crippen LogP contribution in [0.5, 0.6) is 0 Å². The maximum absolute atomic E-state index is 13.9. The molecule has 0 fully saturated rings. The number of halogens is 2. The van der Waals surface area contributed by atoms with Crippen LogP contribution in [0, 0.1) is 35.3 Å². The lowest BCUT2D eigenvalue weighted by Crippen LogP contribution is -1.99. The number of aryl methyl sites for hydroxylation is 1. The number of nitrogens with zero attached hydrogens (tertiary/aromatic N) is 1. The summed E-state index contributed by atoms with van der Waals surface area (Å²) in [7, 11) is 0. The second-order valence-corrected chi connectivity index (χ2v) is 6.56. The molecule has 0 spiro atoms. The van der Waals surface area contributed by atoms with Crippen molar-refractivity contribution in [3.63, 3.8) is 0 Å². The maximum Gasteiger partial charge on any atom is 0.153 e. The van der Waals surface area contributed by atoms with Gasteiger partial charge in [-0.3, -0.25) is 0 Å². The highest BCUT2D eigenvalue weighted by atomic mass is 32.1. The number of rotatable bonds is 2. The van der Waals surface area contributed by atoms with Crippen LogP contribution in [0.1, 0.15) is 48.4 Å². The predicted octanol–water partition coefficient (Wildman–Crippen LogP) is 6.23. The monoisotopic (exact) mass is 389 g/mol. The largest absolute Gasteiger partial charge is 0.204 e. The first kappa shape index (κ1) is 19.7. The molecule has 1 aliphatic rings. The third-order valence-electron chi connectivity index (χ3n) is 4.29. The van der Waals surface area contributed by atoms with Gasteiger partial charge in [-0.05, 0) is 72.9 Å². The van der Waals surface area contributed by atoms with Crippen molar-refractivity contribution < 1.29 is 8.78 Å². The molecule has 0 radical (unpaired) electrons. The lowest BCUT2D eigenvalue weighted by molar-refractivity contribution is 0.587. The number of aliphatic imine (C=N–C) groups is 1. The Morgan fingerprint density at radius 3 is 2.46 bits per heavy atom. The minimum Gasteiger partial charge on any atom is -0.204 e. The fraction of sp³-hybridized carbons (Fsp3) is 0.208. The normalized spacial score (nSPS) is 11.8. The maximum atomic E-state index is 13.9. The van der Waals surface area contributed by atoms with Gasteiger partial charge in [-0.15, -0.1) is 0 Å². The summed E-state index contributed by atoms with van der Waals surface area (Å²) >= 11 is 4.39. The zero-order valence-corrected chi connectivity index (χ0v) is 16.2. The van der Waals surface area contributed by atoms with E-state index in [0.29, 0.717) is 0 Å². The van der Waals surface area contributed by atoms with Crippen molar-refractivity contribution in [2.45, 2.75) is 32.6 Å². The number of thiocarbonyl (C=S) groups is 1. The molecular formula is C24H17F2NS. The highest BCUT2D eigenvalue weighted by Crippen LogP contribution is 2.25. The Bertz CT molecular complexity index is 1090. The Hall–Kier alpha value is -3.04. The van der Waals surface area contributed by atoms with E-state index in [9.17, 15) is 8.78 Å². The highest BCUT2D eigenvalue weighted by Gasteiger charge is 2.10. The van der Waals surface area contributed by atoms with Gasteiger partial charge in [0.05, 0.1) is 5.16 Å². The van der Waals surface area contributed by atoms with Crippen molar-refractivity contribution in [2.24, 2.45) is 4.99 Å². The van der Waals surface area contributed by atoms with Crippen LogP contribution in [0.15, 0.2) is 40.9 Å². The minimum absolute atomic E-state index is 0.240. The summed E-state index contributed by atoms with van der Waals surface area (Å²) in [6, 6.07) is 8.22. The quantitative estimate of drug-likeness (QED) is 0.337. The standard InChI is InChI=1S/C24H17F2NS/c1-2-3-4-5-17-8-10-21-13-18(9-11-20(21)12-17)6-7-19-14-22(25)24(27-16-28)23(26)15-19/h9,11-15H,2-3,8,10H2,1H3. The van der Waals surface area contributed by atoms with Crippen LogP contribution in [0.2, 0.25) is 0 Å². The molecule has 1 nitrogen and oxygen atoms in total. The number of benzene rings is 2. The molecule has 0 atom stereocenters. The van der Waals surface area contributed by atoms with E-state index in [0.717, 1.165) is 54.5 Å². The van der Waals surface area contributed by atoms with Gasteiger partial charge in [0, 0.05) is 23.1 Å². The van der Waals surface area contributed by atoms with Crippen LogP contribution in [0.25, 0.3) is 6.08 Å². The summed E-state index contributed by atoms with van der Waals surface area (Å²) in [5.74, 6) is 10.6. The van der Waals surface area contributed by atoms with Gasteiger partial charge in [-0.1, -0.05) is 36.7 Å². The summed E-state index contributed by atoms with van der Waals surface area (Å²) in [5.41, 5.74) is 4.11. The molecule has 0 heterocycles. The SMILES string of the molecule is CCCC#CC1=Cc2ccc(C#Cc3cc(F)c(N=C=S)c(F)c3)cc2CC1. The number of hydrogen-bond acceptors (Lipinski definition) is 2. The second-order valence-electron chi connectivity index (χ2n) is 6.38. The van der Waals surface area contributed by atoms with Crippen LogP contribution in [-0.2, 0) is 6.42 Å². The first-order valence-electron chi connectivity index (χ1n) is 9.02. The van der Waals surface area contributed by atoms with Crippen LogP contribution in [-0.4, -0.2) is 5.16 Å². The molecule has 0 saturated carbocycles. The molecule has 28 heavy (non-hydrogen) atoms. The molecule has 2 aromatic carbocycles. The Morgan fingerprint density at radius 2 is 1.75 bits per heavy atom. The van der Waals surface area contributed by atoms with Crippen LogP contribution in [0.4, 0.5) is 14.5 Å².